The van der Waals surface area contributed by atoms with E-state index >= 15 is 0 Å². The summed E-state index contributed by atoms with van der Waals surface area (Å²) in [6, 6.07) is 0. The molecule has 0 radical (unpaired) electrons. The molecule has 0 N–H and O–H groups in total. The minimum Gasteiger partial charge on any atom is -0.242 e. The minimum absolute atomic E-state index is 0.0590. The quantitative estimate of drug-likeness (QED) is 0.501. The average Bonchev–Trinajstić information content (AvgIpc) is 2.40. The molecule has 1 fully saturated rings. The SMILES string of the molecule is CC(C)(C)S(=O)N1CC1. The van der Waals surface area contributed by atoms with Crippen molar-refractivity contribution >= 4 is 11.0 Å². The van der Waals surface area contributed by atoms with Gasteiger partial charge in [-0.25, -0.2) is 8.51 Å². The summed E-state index contributed by atoms with van der Waals surface area (Å²) in [7, 11) is -0.745. The van der Waals surface area contributed by atoms with Crippen LogP contribution in [0.15, 0.2) is 0 Å². The number of rotatable bonds is 1. The van der Waals surface area contributed by atoms with Crippen molar-refractivity contribution in [2.75, 3.05) is 13.1 Å². The fourth-order valence-electron chi connectivity index (χ4n) is 0.594. The molecule has 0 saturated carbocycles. The van der Waals surface area contributed by atoms with Crippen LogP contribution in [0.5, 0.6) is 0 Å². The molecule has 9 heavy (non-hydrogen) atoms. The molecular formula is C6H13NOS. The van der Waals surface area contributed by atoms with E-state index in [1.54, 1.807) is 0 Å². The molecule has 2 nitrogen and oxygen atoms in total. The van der Waals surface area contributed by atoms with E-state index in [-0.39, 0.29) is 4.75 Å². The fraction of sp³-hybridized carbons (Fsp3) is 1.00. The van der Waals surface area contributed by atoms with Crippen molar-refractivity contribution in [3.05, 3.63) is 0 Å². The van der Waals surface area contributed by atoms with Crippen LogP contribution >= 0.6 is 0 Å². The molecule has 1 saturated heterocycles. The van der Waals surface area contributed by atoms with Crippen LogP contribution in [0.2, 0.25) is 0 Å². The van der Waals surface area contributed by atoms with Gasteiger partial charge >= 0.3 is 0 Å². The van der Waals surface area contributed by atoms with Crippen molar-refractivity contribution < 1.29 is 4.21 Å². The van der Waals surface area contributed by atoms with Crippen LogP contribution < -0.4 is 0 Å². The number of nitrogens with zero attached hydrogens (tertiary/aromatic N) is 1. The second-order valence-electron chi connectivity index (χ2n) is 3.29. The molecule has 0 aromatic carbocycles. The van der Waals surface area contributed by atoms with Crippen LogP contribution in [-0.2, 0) is 11.0 Å². The molecule has 1 aliphatic heterocycles. The van der Waals surface area contributed by atoms with Gasteiger partial charge in [-0.2, -0.15) is 0 Å². The van der Waals surface area contributed by atoms with Gasteiger partial charge in [-0.15, -0.1) is 0 Å². The molecular weight excluding hydrogens is 134 g/mol. The molecule has 54 valence electrons. The number of hydrogen-bond acceptors (Lipinski definition) is 1. The lowest BCUT2D eigenvalue weighted by Crippen LogP contribution is -2.26. The molecule has 1 aliphatic rings. The predicted octanol–water partition coefficient (Wildman–Crippen LogP) is 0.764. The van der Waals surface area contributed by atoms with E-state index in [4.69, 9.17) is 0 Å². The van der Waals surface area contributed by atoms with Crippen molar-refractivity contribution in [1.82, 2.24) is 4.31 Å². The molecule has 0 aromatic heterocycles. The maximum absolute atomic E-state index is 11.3. The highest BCUT2D eigenvalue weighted by molar-refractivity contribution is 7.84. The molecule has 0 bridgehead atoms. The van der Waals surface area contributed by atoms with Crippen molar-refractivity contribution in [1.29, 1.82) is 0 Å². The molecule has 0 spiro atoms. The first-order chi connectivity index (χ1) is 4.02. The Morgan fingerprint density at radius 3 is 1.89 bits per heavy atom. The molecule has 0 aliphatic carbocycles. The smallest absolute Gasteiger partial charge is 0.0998 e. The van der Waals surface area contributed by atoms with Crippen LogP contribution in [0.3, 0.4) is 0 Å². The molecule has 3 heteroatoms. The van der Waals surface area contributed by atoms with Gasteiger partial charge in [-0.05, 0) is 20.8 Å². The van der Waals surface area contributed by atoms with E-state index in [0.717, 1.165) is 13.1 Å². The lowest BCUT2D eigenvalue weighted by molar-refractivity contribution is 0.618. The van der Waals surface area contributed by atoms with Crippen molar-refractivity contribution in [2.45, 2.75) is 25.5 Å². The molecule has 0 amide bonds. The Morgan fingerprint density at radius 2 is 1.78 bits per heavy atom. The first-order valence-corrected chi connectivity index (χ1v) is 4.29. The van der Waals surface area contributed by atoms with Gasteiger partial charge in [0.2, 0.25) is 0 Å². The summed E-state index contributed by atoms with van der Waals surface area (Å²) in [5.74, 6) is 0. The van der Waals surface area contributed by atoms with Crippen LogP contribution in [0, 0.1) is 0 Å². The van der Waals surface area contributed by atoms with Crippen LogP contribution in [0.25, 0.3) is 0 Å². The summed E-state index contributed by atoms with van der Waals surface area (Å²) < 4.78 is 13.2. The second-order valence-corrected chi connectivity index (χ2v) is 5.53. The standard InChI is InChI=1S/C6H13NOS/c1-6(2,3)9(8)7-4-5-7/h4-5H2,1-3H3. The lowest BCUT2D eigenvalue weighted by atomic mass is 10.3. The maximum Gasteiger partial charge on any atom is 0.0998 e. The third kappa shape index (κ3) is 1.76. The van der Waals surface area contributed by atoms with Gasteiger partial charge in [-0.3, -0.25) is 0 Å². The van der Waals surface area contributed by atoms with E-state index < -0.39 is 11.0 Å². The predicted molar refractivity (Wildman–Crippen MR) is 39.5 cm³/mol. The zero-order valence-corrected chi connectivity index (χ0v) is 6.99. The van der Waals surface area contributed by atoms with Crippen molar-refractivity contribution in [2.24, 2.45) is 0 Å². The zero-order chi connectivity index (χ0) is 7.07. The lowest BCUT2D eigenvalue weighted by Gasteiger charge is -2.16. The Kier molecular flexibility index (Phi) is 1.65. The Labute approximate surface area is 58.8 Å². The second kappa shape index (κ2) is 2.06. The third-order valence-electron chi connectivity index (χ3n) is 1.16. The largest absolute Gasteiger partial charge is 0.242 e. The monoisotopic (exact) mass is 147 g/mol. The first kappa shape index (κ1) is 7.22. The molecule has 1 unspecified atom stereocenters. The Balaban J connectivity index is 2.50. The normalized spacial score (nSPS) is 23.9. The summed E-state index contributed by atoms with van der Waals surface area (Å²) in [6.07, 6.45) is 0. The molecule has 0 aromatic rings. The van der Waals surface area contributed by atoms with Gasteiger partial charge in [0.05, 0.1) is 15.7 Å². The summed E-state index contributed by atoms with van der Waals surface area (Å²) in [5.41, 5.74) is 0. The van der Waals surface area contributed by atoms with Gasteiger partial charge in [0.25, 0.3) is 0 Å². The first-order valence-electron chi connectivity index (χ1n) is 3.19. The van der Waals surface area contributed by atoms with Gasteiger partial charge in [0.1, 0.15) is 0 Å². The van der Waals surface area contributed by atoms with E-state index in [9.17, 15) is 4.21 Å². The van der Waals surface area contributed by atoms with Gasteiger partial charge in [0, 0.05) is 13.1 Å². The topological polar surface area (TPSA) is 20.1 Å². The highest BCUT2D eigenvalue weighted by Gasteiger charge is 2.32. The summed E-state index contributed by atoms with van der Waals surface area (Å²) >= 11 is 0. The minimum atomic E-state index is -0.745. The molecule has 1 atom stereocenters. The maximum atomic E-state index is 11.3. The van der Waals surface area contributed by atoms with Crippen molar-refractivity contribution in [3.63, 3.8) is 0 Å². The summed E-state index contributed by atoms with van der Waals surface area (Å²) in [6.45, 7) is 8.04. The average molecular weight is 147 g/mol. The Bertz CT molecular complexity index is 134. The molecule has 1 rings (SSSR count). The van der Waals surface area contributed by atoms with Crippen LogP contribution in [-0.4, -0.2) is 26.4 Å². The zero-order valence-electron chi connectivity index (χ0n) is 6.18. The van der Waals surface area contributed by atoms with Gasteiger partial charge in [-0.1, -0.05) is 0 Å². The van der Waals surface area contributed by atoms with Gasteiger partial charge < -0.3 is 0 Å². The summed E-state index contributed by atoms with van der Waals surface area (Å²) in [5, 5.41) is 0. The van der Waals surface area contributed by atoms with E-state index in [1.807, 2.05) is 25.1 Å². The van der Waals surface area contributed by atoms with E-state index in [1.165, 1.54) is 0 Å². The molecule has 1 heterocycles. The summed E-state index contributed by atoms with van der Waals surface area (Å²) in [4.78, 5) is 0. The number of hydrogen-bond donors (Lipinski definition) is 0. The Morgan fingerprint density at radius 1 is 1.33 bits per heavy atom. The van der Waals surface area contributed by atoms with Crippen LogP contribution in [0.4, 0.5) is 0 Å². The van der Waals surface area contributed by atoms with Crippen LogP contribution in [0.1, 0.15) is 20.8 Å². The highest BCUT2D eigenvalue weighted by Crippen LogP contribution is 2.20. The third-order valence-corrected chi connectivity index (χ3v) is 3.05. The van der Waals surface area contributed by atoms with Gasteiger partial charge in [0.15, 0.2) is 0 Å². The van der Waals surface area contributed by atoms with E-state index in [0.29, 0.717) is 0 Å². The fourth-order valence-corrected chi connectivity index (χ4v) is 1.78. The van der Waals surface area contributed by atoms with E-state index in [2.05, 4.69) is 0 Å². The highest BCUT2D eigenvalue weighted by atomic mass is 32.2. The van der Waals surface area contributed by atoms with Crippen molar-refractivity contribution in [3.8, 4) is 0 Å². The Hall–Kier alpha value is 0.110.